The van der Waals surface area contributed by atoms with Gasteiger partial charge >= 0.3 is 5.69 Å². The van der Waals surface area contributed by atoms with Crippen LogP contribution in [0.4, 0.5) is 0 Å². The zero-order valence-electron chi connectivity index (χ0n) is 11.1. The first kappa shape index (κ1) is 13.5. The van der Waals surface area contributed by atoms with E-state index in [1.807, 2.05) is 6.92 Å². The minimum atomic E-state index is -0.374. The maximum absolute atomic E-state index is 12.3. The number of imidazole rings is 1. The van der Waals surface area contributed by atoms with Crippen molar-refractivity contribution in [3.8, 4) is 0 Å². The van der Waals surface area contributed by atoms with E-state index in [1.54, 1.807) is 6.92 Å². The largest absolute Gasteiger partial charge is 0.396 e. The van der Waals surface area contributed by atoms with Gasteiger partial charge in [-0.15, -0.1) is 0 Å². The van der Waals surface area contributed by atoms with E-state index in [2.05, 4.69) is 9.97 Å². The molecule has 0 aliphatic rings. The van der Waals surface area contributed by atoms with E-state index in [1.165, 1.54) is 4.57 Å². The van der Waals surface area contributed by atoms with Crippen molar-refractivity contribution in [2.24, 2.45) is 0 Å². The molecule has 7 heteroatoms. The Labute approximate surface area is 109 Å². The SMILES string of the molecule is CCCn1c(=O)n(CCCO)c(=O)c2[nH]c(C)nc21. The van der Waals surface area contributed by atoms with E-state index < -0.39 is 0 Å². The second-order valence-corrected chi connectivity index (χ2v) is 4.49. The van der Waals surface area contributed by atoms with Crippen LogP contribution in [-0.4, -0.2) is 30.8 Å². The van der Waals surface area contributed by atoms with E-state index in [4.69, 9.17) is 5.11 Å². The predicted molar refractivity (Wildman–Crippen MR) is 71.3 cm³/mol. The van der Waals surface area contributed by atoms with Crippen molar-refractivity contribution in [2.75, 3.05) is 6.61 Å². The Hall–Kier alpha value is -1.89. The van der Waals surface area contributed by atoms with E-state index >= 15 is 0 Å². The maximum Gasteiger partial charge on any atom is 0.332 e. The van der Waals surface area contributed by atoms with Gasteiger partial charge in [-0.05, 0) is 19.8 Å². The van der Waals surface area contributed by atoms with Crippen molar-refractivity contribution in [3.05, 3.63) is 26.7 Å². The topological polar surface area (TPSA) is 92.9 Å². The lowest BCUT2D eigenvalue weighted by atomic mass is 10.4. The maximum atomic E-state index is 12.3. The Morgan fingerprint density at radius 3 is 2.63 bits per heavy atom. The number of nitrogens with one attached hydrogen (secondary N) is 1. The third kappa shape index (κ3) is 2.33. The van der Waals surface area contributed by atoms with Gasteiger partial charge in [0, 0.05) is 19.7 Å². The molecule has 0 saturated heterocycles. The summed E-state index contributed by atoms with van der Waals surface area (Å²) in [6.07, 6.45) is 1.15. The minimum Gasteiger partial charge on any atom is -0.396 e. The summed E-state index contributed by atoms with van der Waals surface area (Å²) in [5.74, 6) is 0.608. The molecule has 2 aromatic rings. The normalized spacial score (nSPS) is 11.3. The molecule has 0 amide bonds. The van der Waals surface area contributed by atoms with Gasteiger partial charge in [0.2, 0.25) is 0 Å². The first-order valence-electron chi connectivity index (χ1n) is 6.41. The van der Waals surface area contributed by atoms with Crippen LogP contribution < -0.4 is 11.2 Å². The zero-order chi connectivity index (χ0) is 14.0. The number of aryl methyl sites for hydroxylation is 2. The molecule has 0 aliphatic heterocycles. The number of nitrogens with zero attached hydrogens (tertiary/aromatic N) is 3. The van der Waals surface area contributed by atoms with Crippen molar-refractivity contribution in [3.63, 3.8) is 0 Å². The van der Waals surface area contributed by atoms with Crippen molar-refractivity contribution >= 4 is 11.2 Å². The van der Waals surface area contributed by atoms with Crippen LogP contribution in [0.1, 0.15) is 25.6 Å². The number of hydrogen-bond acceptors (Lipinski definition) is 4. The Kier molecular flexibility index (Phi) is 3.84. The second kappa shape index (κ2) is 5.40. The Balaban J connectivity index is 2.75. The highest BCUT2D eigenvalue weighted by Crippen LogP contribution is 2.05. The molecule has 0 radical (unpaired) electrons. The van der Waals surface area contributed by atoms with Crippen molar-refractivity contribution < 1.29 is 5.11 Å². The fourth-order valence-corrected chi connectivity index (χ4v) is 2.13. The third-order valence-electron chi connectivity index (χ3n) is 2.97. The zero-order valence-corrected chi connectivity index (χ0v) is 11.1. The number of fused-ring (bicyclic) bond motifs is 1. The molecular weight excluding hydrogens is 248 g/mol. The van der Waals surface area contributed by atoms with Gasteiger partial charge in [-0.2, -0.15) is 0 Å². The summed E-state index contributed by atoms with van der Waals surface area (Å²) in [6, 6.07) is 0. The van der Waals surface area contributed by atoms with Crippen LogP contribution in [0.5, 0.6) is 0 Å². The monoisotopic (exact) mass is 266 g/mol. The lowest BCUT2D eigenvalue weighted by Crippen LogP contribution is -2.40. The van der Waals surface area contributed by atoms with Crippen LogP contribution in [0, 0.1) is 6.92 Å². The molecule has 0 atom stereocenters. The molecular formula is C12H18N4O3. The molecule has 19 heavy (non-hydrogen) atoms. The molecule has 2 aromatic heterocycles. The van der Waals surface area contributed by atoms with Crippen LogP contribution >= 0.6 is 0 Å². The van der Waals surface area contributed by atoms with Gasteiger partial charge in [-0.3, -0.25) is 13.9 Å². The summed E-state index contributed by atoms with van der Waals surface area (Å²) in [5, 5.41) is 8.86. The van der Waals surface area contributed by atoms with E-state index in [0.717, 1.165) is 11.0 Å². The predicted octanol–water partition coefficient (Wildman–Crippen LogP) is -0.0129. The summed E-state index contributed by atoms with van der Waals surface area (Å²) in [4.78, 5) is 31.6. The fourth-order valence-electron chi connectivity index (χ4n) is 2.13. The fraction of sp³-hybridized carbons (Fsp3) is 0.583. The number of aromatic amines is 1. The number of hydrogen-bond donors (Lipinski definition) is 2. The number of H-pyrrole nitrogens is 1. The Bertz CT molecular complexity index is 695. The summed E-state index contributed by atoms with van der Waals surface area (Å²) >= 11 is 0. The van der Waals surface area contributed by atoms with Gasteiger partial charge in [0.25, 0.3) is 5.56 Å². The highest BCUT2D eigenvalue weighted by atomic mass is 16.3. The van der Waals surface area contributed by atoms with E-state index in [0.29, 0.717) is 30.0 Å². The molecule has 0 aromatic carbocycles. The minimum absolute atomic E-state index is 0.0559. The first-order valence-corrected chi connectivity index (χ1v) is 6.41. The summed E-state index contributed by atoms with van der Waals surface area (Å²) in [7, 11) is 0. The van der Waals surface area contributed by atoms with Crippen LogP contribution in [0.2, 0.25) is 0 Å². The smallest absolute Gasteiger partial charge is 0.332 e. The highest BCUT2D eigenvalue weighted by Gasteiger charge is 2.15. The highest BCUT2D eigenvalue weighted by molar-refractivity contribution is 5.69. The van der Waals surface area contributed by atoms with Crippen LogP contribution in [0.25, 0.3) is 11.2 Å². The molecule has 104 valence electrons. The number of aliphatic hydroxyl groups is 1. The molecule has 2 heterocycles. The van der Waals surface area contributed by atoms with Crippen LogP contribution in [0.3, 0.4) is 0 Å². The van der Waals surface area contributed by atoms with E-state index in [-0.39, 0.29) is 24.4 Å². The van der Waals surface area contributed by atoms with Gasteiger partial charge < -0.3 is 10.1 Å². The molecule has 0 spiro atoms. The van der Waals surface area contributed by atoms with Gasteiger partial charge in [0.15, 0.2) is 5.65 Å². The van der Waals surface area contributed by atoms with Gasteiger partial charge in [-0.25, -0.2) is 9.78 Å². The quantitative estimate of drug-likeness (QED) is 0.796. The number of rotatable bonds is 5. The first-order chi connectivity index (χ1) is 9.10. The molecule has 0 unspecified atom stereocenters. The average molecular weight is 266 g/mol. The standard InChI is InChI=1S/C12H18N4O3/c1-3-5-15-10-9(13-8(2)14-10)11(18)16(12(15)19)6-4-7-17/h17H,3-7H2,1-2H3,(H,13,14). The summed E-state index contributed by atoms with van der Waals surface area (Å²) in [5.41, 5.74) is 0.0267. The van der Waals surface area contributed by atoms with Crippen LogP contribution in [-0.2, 0) is 13.1 Å². The second-order valence-electron chi connectivity index (χ2n) is 4.49. The van der Waals surface area contributed by atoms with Crippen LogP contribution in [0.15, 0.2) is 9.59 Å². The molecule has 2 N–H and O–H groups in total. The average Bonchev–Trinajstić information content (AvgIpc) is 2.76. The lowest BCUT2D eigenvalue weighted by Gasteiger charge is -2.09. The van der Waals surface area contributed by atoms with E-state index in [9.17, 15) is 9.59 Å². The summed E-state index contributed by atoms with van der Waals surface area (Å²) in [6.45, 7) is 4.38. The molecule has 2 rings (SSSR count). The Morgan fingerprint density at radius 2 is 2.00 bits per heavy atom. The molecule has 7 nitrogen and oxygen atoms in total. The van der Waals surface area contributed by atoms with Gasteiger partial charge in [0.1, 0.15) is 11.3 Å². The van der Waals surface area contributed by atoms with Gasteiger partial charge in [-0.1, -0.05) is 6.92 Å². The molecule has 0 aliphatic carbocycles. The molecule has 0 fully saturated rings. The molecule has 0 saturated carbocycles. The van der Waals surface area contributed by atoms with Crippen molar-refractivity contribution in [1.82, 2.24) is 19.1 Å². The lowest BCUT2D eigenvalue weighted by molar-refractivity contribution is 0.277. The van der Waals surface area contributed by atoms with Crippen molar-refractivity contribution in [2.45, 2.75) is 39.8 Å². The molecule has 0 bridgehead atoms. The number of aliphatic hydroxyl groups excluding tert-OH is 1. The Morgan fingerprint density at radius 1 is 1.26 bits per heavy atom. The summed E-state index contributed by atoms with van der Waals surface area (Å²) < 4.78 is 2.67. The van der Waals surface area contributed by atoms with Gasteiger partial charge in [0.05, 0.1) is 0 Å². The number of aromatic nitrogens is 4. The third-order valence-corrected chi connectivity index (χ3v) is 2.97. The van der Waals surface area contributed by atoms with Crippen molar-refractivity contribution in [1.29, 1.82) is 0 Å².